The van der Waals surface area contributed by atoms with Gasteiger partial charge >= 0.3 is 5.97 Å². The number of rotatable bonds is 2. The molecule has 1 fully saturated rings. The SMILES string of the molecule is COC(=O)[C@H]1CCCN(C(=O)C2Cc3ccccc32)C1. The Bertz CT molecular complexity index is 540. The molecule has 0 spiro atoms. The molecular weight excluding hydrogens is 254 g/mol. The van der Waals surface area contributed by atoms with Gasteiger partial charge in [-0.1, -0.05) is 24.3 Å². The lowest BCUT2D eigenvalue weighted by molar-refractivity contribution is -0.149. The lowest BCUT2D eigenvalue weighted by Gasteiger charge is -2.37. The average Bonchev–Trinajstić information content (AvgIpc) is 2.47. The molecule has 2 atom stereocenters. The molecule has 0 aromatic heterocycles. The monoisotopic (exact) mass is 273 g/mol. The van der Waals surface area contributed by atoms with Gasteiger partial charge in [0.1, 0.15) is 0 Å². The van der Waals surface area contributed by atoms with Crippen LogP contribution in [0, 0.1) is 5.92 Å². The van der Waals surface area contributed by atoms with Gasteiger partial charge in [0.2, 0.25) is 5.91 Å². The number of amides is 1. The van der Waals surface area contributed by atoms with Crippen LogP contribution in [-0.2, 0) is 20.7 Å². The molecule has 0 radical (unpaired) electrons. The van der Waals surface area contributed by atoms with E-state index in [0.717, 1.165) is 31.4 Å². The van der Waals surface area contributed by atoms with Crippen molar-refractivity contribution < 1.29 is 14.3 Å². The number of piperidine rings is 1. The summed E-state index contributed by atoms with van der Waals surface area (Å²) in [5.41, 5.74) is 2.42. The van der Waals surface area contributed by atoms with E-state index in [-0.39, 0.29) is 23.7 Å². The van der Waals surface area contributed by atoms with Crippen molar-refractivity contribution in [3.05, 3.63) is 35.4 Å². The number of hydrogen-bond donors (Lipinski definition) is 0. The summed E-state index contributed by atoms with van der Waals surface area (Å²) in [4.78, 5) is 26.0. The van der Waals surface area contributed by atoms with Crippen LogP contribution in [0.3, 0.4) is 0 Å². The van der Waals surface area contributed by atoms with Crippen molar-refractivity contribution in [1.29, 1.82) is 0 Å². The molecule has 4 nitrogen and oxygen atoms in total. The van der Waals surface area contributed by atoms with Gasteiger partial charge in [0.15, 0.2) is 0 Å². The van der Waals surface area contributed by atoms with E-state index < -0.39 is 0 Å². The molecule has 1 unspecified atom stereocenters. The van der Waals surface area contributed by atoms with Crippen LogP contribution in [0.25, 0.3) is 0 Å². The molecule has 106 valence electrons. The van der Waals surface area contributed by atoms with Gasteiger partial charge < -0.3 is 9.64 Å². The Hall–Kier alpha value is -1.84. The Morgan fingerprint density at radius 3 is 2.85 bits per heavy atom. The second-order valence-corrected chi connectivity index (χ2v) is 5.60. The summed E-state index contributed by atoms with van der Waals surface area (Å²) in [5.74, 6) is -0.204. The first-order valence-electron chi connectivity index (χ1n) is 7.15. The van der Waals surface area contributed by atoms with Crippen LogP contribution in [0.1, 0.15) is 29.9 Å². The number of esters is 1. The minimum Gasteiger partial charge on any atom is -0.469 e. The standard InChI is InChI=1S/C16H19NO3/c1-20-16(19)12-6-4-8-17(10-12)15(18)14-9-11-5-2-3-7-13(11)14/h2-3,5,7,12,14H,4,6,8-10H2,1H3/t12-,14?/m0/s1. The zero-order valence-electron chi connectivity index (χ0n) is 11.7. The average molecular weight is 273 g/mol. The summed E-state index contributed by atoms with van der Waals surface area (Å²) in [7, 11) is 1.41. The number of methoxy groups -OCH3 is 1. The topological polar surface area (TPSA) is 46.6 Å². The Morgan fingerprint density at radius 1 is 1.30 bits per heavy atom. The predicted molar refractivity (Wildman–Crippen MR) is 74.2 cm³/mol. The van der Waals surface area contributed by atoms with E-state index in [1.807, 2.05) is 23.1 Å². The zero-order valence-corrected chi connectivity index (χ0v) is 11.7. The van der Waals surface area contributed by atoms with Crippen molar-refractivity contribution in [3.63, 3.8) is 0 Å². The molecule has 20 heavy (non-hydrogen) atoms. The van der Waals surface area contributed by atoms with Crippen LogP contribution >= 0.6 is 0 Å². The molecule has 1 heterocycles. The largest absolute Gasteiger partial charge is 0.469 e. The lowest BCUT2D eigenvalue weighted by Crippen LogP contribution is -2.46. The summed E-state index contributed by atoms with van der Waals surface area (Å²) in [6, 6.07) is 8.09. The number of likely N-dealkylation sites (tertiary alicyclic amines) is 1. The summed E-state index contributed by atoms with van der Waals surface area (Å²) >= 11 is 0. The van der Waals surface area contributed by atoms with E-state index in [2.05, 4.69) is 6.07 Å². The number of ether oxygens (including phenoxy) is 1. The van der Waals surface area contributed by atoms with Crippen molar-refractivity contribution >= 4 is 11.9 Å². The highest BCUT2D eigenvalue weighted by molar-refractivity contribution is 5.87. The van der Waals surface area contributed by atoms with E-state index in [1.54, 1.807) is 0 Å². The van der Waals surface area contributed by atoms with Crippen LogP contribution < -0.4 is 0 Å². The summed E-state index contributed by atoms with van der Waals surface area (Å²) in [5, 5.41) is 0. The van der Waals surface area contributed by atoms with Gasteiger partial charge in [-0.15, -0.1) is 0 Å². The number of nitrogens with zero attached hydrogens (tertiary/aromatic N) is 1. The fraction of sp³-hybridized carbons (Fsp3) is 0.500. The van der Waals surface area contributed by atoms with Crippen molar-refractivity contribution in [2.45, 2.75) is 25.2 Å². The van der Waals surface area contributed by atoms with E-state index in [4.69, 9.17) is 4.74 Å². The maximum Gasteiger partial charge on any atom is 0.310 e. The first-order chi connectivity index (χ1) is 9.70. The zero-order chi connectivity index (χ0) is 14.1. The first-order valence-corrected chi connectivity index (χ1v) is 7.15. The molecule has 1 aromatic carbocycles. The third kappa shape index (κ3) is 2.19. The summed E-state index contributed by atoms with van der Waals surface area (Å²) in [6.07, 6.45) is 2.52. The summed E-state index contributed by atoms with van der Waals surface area (Å²) in [6.45, 7) is 1.26. The molecule has 4 heteroatoms. The quantitative estimate of drug-likeness (QED) is 0.771. The van der Waals surface area contributed by atoms with Crippen LogP contribution in [0.2, 0.25) is 0 Å². The van der Waals surface area contributed by atoms with Gasteiger partial charge in [0, 0.05) is 13.1 Å². The van der Waals surface area contributed by atoms with Crippen molar-refractivity contribution in [3.8, 4) is 0 Å². The van der Waals surface area contributed by atoms with Crippen molar-refractivity contribution in [1.82, 2.24) is 4.90 Å². The third-order valence-corrected chi connectivity index (χ3v) is 4.42. The normalized spacial score (nSPS) is 24.6. The molecule has 3 rings (SSSR count). The molecule has 1 aliphatic heterocycles. The highest BCUT2D eigenvalue weighted by Gasteiger charge is 2.37. The molecule has 1 saturated heterocycles. The molecular formula is C16H19NO3. The second-order valence-electron chi connectivity index (χ2n) is 5.60. The molecule has 0 saturated carbocycles. The van der Waals surface area contributed by atoms with Gasteiger partial charge in [-0.3, -0.25) is 9.59 Å². The van der Waals surface area contributed by atoms with Gasteiger partial charge in [-0.2, -0.15) is 0 Å². The Labute approximate surface area is 118 Å². The van der Waals surface area contributed by atoms with Crippen LogP contribution in [0.4, 0.5) is 0 Å². The molecule has 1 aliphatic carbocycles. The van der Waals surface area contributed by atoms with Gasteiger partial charge in [-0.05, 0) is 30.4 Å². The number of benzene rings is 1. The number of hydrogen-bond acceptors (Lipinski definition) is 3. The van der Waals surface area contributed by atoms with Gasteiger partial charge in [0.25, 0.3) is 0 Å². The van der Waals surface area contributed by atoms with Crippen LogP contribution in [0.5, 0.6) is 0 Å². The Morgan fingerprint density at radius 2 is 2.10 bits per heavy atom. The first kappa shape index (κ1) is 13.2. The fourth-order valence-corrected chi connectivity index (χ4v) is 3.24. The van der Waals surface area contributed by atoms with Crippen molar-refractivity contribution in [2.24, 2.45) is 5.92 Å². The van der Waals surface area contributed by atoms with Gasteiger partial charge in [-0.25, -0.2) is 0 Å². The fourth-order valence-electron chi connectivity index (χ4n) is 3.24. The highest BCUT2D eigenvalue weighted by Crippen LogP contribution is 2.37. The minimum atomic E-state index is -0.198. The second kappa shape index (κ2) is 5.27. The lowest BCUT2D eigenvalue weighted by atomic mass is 9.76. The maximum absolute atomic E-state index is 12.6. The number of carbonyl (C=O) groups is 2. The van der Waals surface area contributed by atoms with E-state index in [9.17, 15) is 9.59 Å². The number of fused-ring (bicyclic) bond motifs is 1. The molecule has 0 bridgehead atoms. The predicted octanol–water partition coefficient (Wildman–Crippen LogP) is 1.74. The smallest absolute Gasteiger partial charge is 0.310 e. The van der Waals surface area contributed by atoms with E-state index in [1.165, 1.54) is 12.7 Å². The van der Waals surface area contributed by atoms with E-state index in [0.29, 0.717) is 6.54 Å². The minimum absolute atomic E-state index is 0.0115. The molecule has 1 amide bonds. The molecule has 0 N–H and O–H groups in total. The van der Waals surface area contributed by atoms with Crippen LogP contribution in [-0.4, -0.2) is 37.0 Å². The third-order valence-electron chi connectivity index (χ3n) is 4.42. The van der Waals surface area contributed by atoms with E-state index >= 15 is 0 Å². The molecule has 2 aliphatic rings. The molecule has 1 aromatic rings. The van der Waals surface area contributed by atoms with Crippen molar-refractivity contribution in [2.75, 3.05) is 20.2 Å². The van der Waals surface area contributed by atoms with Crippen LogP contribution in [0.15, 0.2) is 24.3 Å². The highest BCUT2D eigenvalue weighted by atomic mass is 16.5. The maximum atomic E-state index is 12.6. The Kier molecular flexibility index (Phi) is 3.47. The number of carbonyl (C=O) groups excluding carboxylic acids is 2. The summed E-state index contributed by atoms with van der Waals surface area (Å²) < 4.78 is 4.80. The van der Waals surface area contributed by atoms with Gasteiger partial charge in [0.05, 0.1) is 18.9 Å². The Balaban J connectivity index is 1.68.